The third-order valence-corrected chi connectivity index (χ3v) is 5.84. The van der Waals surface area contributed by atoms with Gasteiger partial charge in [0.25, 0.3) is 5.91 Å². The van der Waals surface area contributed by atoms with E-state index in [-0.39, 0.29) is 30.1 Å². The summed E-state index contributed by atoms with van der Waals surface area (Å²) in [4.78, 5) is 13.8. The van der Waals surface area contributed by atoms with Crippen molar-refractivity contribution in [3.05, 3.63) is 28.2 Å². The number of carbonyl (C=O) groups is 1. The highest BCUT2D eigenvalue weighted by Crippen LogP contribution is 2.27. The van der Waals surface area contributed by atoms with Crippen molar-refractivity contribution in [1.82, 2.24) is 4.90 Å². The van der Waals surface area contributed by atoms with Crippen LogP contribution in [-0.2, 0) is 14.6 Å². The van der Waals surface area contributed by atoms with E-state index in [0.717, 1.165) is 0 Å². The fraction of sp³-hybridized carbons (Fsp3) is 0.500. The van der Waals surface area contributed by atoms with Crippen molar-refractivity contribution in [3.8, 4) is 5.75 Å². The molecule has 1 unspecified atom stereocenters. The van der Waals surface area contributed by atoms with Crippen molar-refractivity contribution in [2.75, 3.05) is 24.7 Å². The predicted molar refractivity (Wildman–Crippen MR) is 86.4 cm³/mol. The molecule has 0 spiro atoms. The lowest BCUT2D eigenvalue weighted by Crippen LogP contribution is -2.43. The van der Waals surface area contributed by atoms with Gasteiger partial charge in [0.2, 0.25) is 0 Å². The average molecular weight is 366 g/mol. The maximum Gasteiger partial charge on any atom is 0.260 e. The van der Waals surface area contributed by atoms with Gasteiger partial charge in [-0.15, -0.1) is 0 Å². The minimum Gasteiger partial charge on any atom is -0.482 e. The molecule has 0 aliphatic carbocycles. The molecule has 1 aromatic carbocycles. The molecule has 0 radical (unpaired) electrons. The molecule has 1 fully saturated rings. The van der Waals surface area contributed by atoms with E-state index < -0.39 is 9.84 Å². The molecule has 122 valence electrons. The van der Waals surface area contributed by atoms with E-state index in [1.165, 1.54) is 6.07 Å². The van der Waals surface area contributed by atoms with E-state index >= 15 is 0 Å². The number of likely N-dealkylation sites (N-methyl/N-ethyl adjacent to an activating group) is 1. The van der Waals surface area contributed by atoms with Gasteiger partial charge in [-0.05, 0) is 31.5 Å². The molecule has 8 heteroatoms. The minimum absolute atomic E-state index is 0.0221. The van der Waals surface area contributed by atoms with Crippen LogP contribution in [0.4, 0.5) is 0 Å². The lowest BCUT2D eigenvalue weighted by Gasteiger charge is -2.26. The van der Waals surface area contributed by atoms with Crippen molar-refractivity contribution in [2.24, 2.45) is 0 Å². The Balaban J connectivity index is 1.98. The highest BCUT2D eigenvalue weighted by molar-refractivity contribution is 7.91. The SMILES string of the molecule is CCN(C(=O)COc1ccc(Cl)cc1Cl)C1CCS(=O)(=O)C1. The first-order valence-electron chi connectivity index (χ1n) is 6.90. The quantitative estimate of drug-likeness (QED) is 0.803. The molecule has 0 bridgehead atoms. The predicted octanol–water partition coefficient (Wildman–Crippen LogP) is 2.41. The third-order valence-electron chi connectivity index (χ3n) is 3.56. The first-order valence-corrected chi connectivity index (χ1v) is 9.48. The number of carbonyl (C=O) groups excluding carboxylic acids is 1. The second kappa shape index (κ2) is 7.06. The Morgan fingerprint density at radius 1 is 1.41 bits per heavy atom. The van der Waals surface area contributed by atoms with Gasteiger partial charge < -0.3 is 9.64 Å². The fourth-order valence-electron chi connectivity index (χ4n) is 2.47. The van der Waals surface area contributed by atoms with Crippen LogP contribution in [-0.4, -0.2) is 49.9 Å². The summed E-state index contributed by atoms with van der Waals surface area (Å²) in [5, 5.41) is 0.807. The molecule has 1 amide bonds. The normalized spacial score (nSPS) is 19.9. The molecule has 1 aromatic rings. The summed E-state index contributed by atoms with van der Waals surface area (Å²) in [6.07, 6.45) is 0.476. The van der Waals surface area contributed by atoms with Crippen LogP contribution in [0.25, 0.3) is 0 Å². The van der Waals surface area contributed by atoms with Crippen molar-refractivity contribution < 1.29 is 17.9 Å². The summed E-state index contributed by atoms with van der Waals surface area (Å²) in [6.45, 7) is 2.07. The number of benzene rings is 1. The van der Waals surface area contributed by atoms with Gasteiger partial charge in [0, 0.05) is 17.6 Å². The van der Waals surface area contributed by atoms with Crippen LogP contribution in [0.5, 0.6) is 5.75 Å². The zero-order valence-electron chi connectivity index (χ0n) is 12.1. The zero-order chi connectivity index (χ0) is 16.3. The lowest BCUT2D eigenvalue weighted by atomic mass is 10.2. The molecule has 1 saturated heterocycles. The van der Waals surface area contributed by atoms with E-state index in [0.29, 0.717) is 28.8 Å². The molecule has 1 atom stereocenters. The van der Waals surface area contributed by atoms with Crippen LogP contribution in [0.3, 0.4) is 0 Å². The second-order valence-electron chi connectivity index (χ2n) is 5.10. The van der Waals surface area contributed by atoms with Crippen molar-refractivity contribution in [1.29, 1.82) is 0 Å². The molecule has 0 N–H and O–H groups in total. The summed E-state index contributed by atoms with van der Waals surface area (Å²) >= 11 is 11.8. The van der Waals surface area contributed by atoms with E-state index in [4.69, 9.17) is 27.9 Å². The van der Waals surface area contributed by atoms with Crippen LogP contribution >= 0.6 is 23.2 Å². The summed E-state index contributed by atoms with van der Waals surface area (Å²) in [5.74, 6) is 0.268. The minimum atomic E-state index is -3.03. The number of hydrogen-bond acceptors (Lipinski definition) is 4. The van der Waals surface area contributed by atoms with E-state index in [9.17, 15) is 13.2 Å². The van der Waals surface area contributed by atoms with Gasteiger partial charge in [-0.2, -0.15) is 0 Å². The molecule has 2 rings (SSSR count). The highest BCUT2D eigenvalue weighted by atomic mass is 35.5. The largest absolute Gasteiger partial charge is 0.482 e. The number of amides is 1. The van der Waals surface area contributed by atoms with E-state index in [1.54, 1.807) is 17.0 Å². The number of halogens is 2. The molecule has 1 aliphatic rings. The second-order valence-corrected chi connectivity index (χ2v) is 8.17. The van der Waals surface area contributed by atoms with Crippen molar-refractivity contribution in [3.63, 3.8) is 0 Å². The van der Waals surface area contributed by atoms with Gasteiger partial charge in [-0.25, -0.2) is 8.42 Å². The smallest absolute Gasteiger partial charge is 0.260 e. The zero-order valence-corrected chi connectivity index (χ0v) is 14.4. The van der Waals surface area contributed by atoms with Crippen LogP contribution in [0.2, 0.25) is 10.0 Å². The van der Waals surface area contributed by atoms with Gasteiger partial charge >= 0.3 is 0 Å². The van der Waals surface area contributed by atoms with Gasteiger partial charge in [0.1, 0.15) is 5.75 Å². The molecule has 1 aliphatic heterocycles. The number of rotatable bonds is 5. The number of sulfone groups is 1. The number of nitrogens with zero attached hydrogens (tertiary/aromatic N) is 1. The van der Waals surface area contributed by atoms with E-state index in [1.807, 2.05) is 6.92 Å². The van der Waals surface area contributed by atoms with Crippen LogP contribution in [0, 0.1) is 0 Å². The topological polar surface area (TPSA) is 63.7 Å². The number of ether oxygens (including phenoxy) is 1. The Morgan fingerprint density at radius 2 is 2.14 bits per heavy atom. The van der Waals surface area contributed by atoms with Crippen molar-refractivity contribution in [2.45, 2.75) is 19.4 Å². The summed E-state index contributed by atoms with van der Waals surface area (Å²) in [5.41, 5.74) is 0. The molecule has 5 nitrogen and oxygen atoms in total. The fourth-order valence-corrected chi connectivity index (χ4v) is 4.67. The van der Waals surface area contributed by atoms with Gasteiger partial charge in [-0.1, -0.05) is 23.2 Å². The molecule has 0 saturated carbocycles. The Labute approximate surface area is 140 Å². The first kappa shape index (κ1) is 17.4. The third kappa shape index (κ3) is 4.27. The Kier molecular flexibility index (Phi) is 5.58. The van der Waals surface area contributed by atoms with E-state index in [2.05, 4.69) is 0 Å². The highest BCUT2D eigenvalue weighted by Gasteiger charge is 2.33. The van der Waals surface area contributed by atoms with Gasteiger partial charge in [0.15, 0.2) is 16.4 Å². The van der Waals surface area contributed by atoms with Gasteiger partial charge in [-0.3, -0.25) is 4.79 Å². The number of hydrogen-bond donors (Lipinski definition) is 0. The van der Waals surface area contributed by atoms with Crippen LogP contribution < -0.4 is 4.74 Å². The van der Waals surface area contributed by atoms with Crippen molar-refractivity contribution >= 4 is 38.9 Å². The first-order chi connectivity index (χ1) is 10.3. The van der Waals surface area contributed by atoms with Gasteiger partial charge in [0.05, 0.1) is 16.5 Å². The van der Waals surface area contributed by atoms with Crippen LogP contribution in [0.15, 0.2) is 18.2 Å². The Bertz CT molecular complexity index is 663. The maximum atomic E-state index is 12.3. The summed E-state index contributed by atoms with van der Waals surface area (Å²) < 4.78 is 28.5. The average Bonchev–Trinajstić information content (AvgIpc) is 2.78. The molecular weight excluding hydrogens is 349 g/mol. The summed E-state index contributed by atoms with van der Waals surface area (Å²) in [7, 11) is -3.03. The monoisotopic (exact) mass is 365 g/mol. The standard InChI is InChI=1S/C14H17Cl2NO4S/c1-2-17(11-5-6-22(19,20)9-11)14(18)8-21-13-4-3-10(15)7-12(13)16/h3-4,7,11H,2,5-6,8-9H2,1H3. The Hall–Kier alpha value is -0.980. The molecule has 22 heavy (non-hydrogen) atoms. The molecule has 1 heterocycles. The summed E-state index contributed by atoms with van der Waals surface area (Å²) in [6, 6.07) is 4.47. The lowest BCUT2D eigenvalue weighted by molar-refractivity contribution is -0.135. The van der Waals surface area contributed by atoms with Crippen LogP contribution in [0.1, 0.15) is 13.3 Å². The Morgan fingerprint density at radius 3 is 2.68 bits per heavy atom. The molecular formula is C14H17Cl2NO4S. The molecule has 0 aromatic heterocycles. The maximum absolute atomic E-state index is 12.3.